The minimum absolute atomic E-state index is 0. The maximum atomic E-state index is 12.5. The first-order valence-corrected chi connectivity index (χ1v) is 7.92. The van der Waals surface area contributed by atoms with Crippen LogP contribution in [-0.2, 0) is 14.3 Å². The van der Waals surface area contributed by atoms with Crippen molar-refractivity contribution in [2.24, 2.45) is 5.92 Å². The first-order valence-electron chi connectivity index (χ1n) is 7.92. The molecule has 0 aliphatic carbocycles. The highest BCUT2D eigenvalue weighted by Crippen LogP contribution is 2.22. The molecule has 2 aliphatic heterocycles. The molecule has 0 unspecified atom stereocenters. The van der Waals surface area contributed by atoms with Crippen molar-refractivity contribution in [3.8, 4) is 0 Å². The summed E-state index contributed by atoms with van der Waals surface area (Å²) >= 11 is 0. The number of rotatable bonds is 6. The largest absolute Gasteiger partial charge is 0.379 e. The predicted molar refractivity (Wildman–Crippen MR) is 84.9 cm³/mol. The van der Waals surface area contributed by atoms with Crippen molar-refractivity contribution in [1.29, 1.82) is 0 Å². The van der Waals surface area contributed by atoms with Gasteiger partial charge in [0.05, 0.1) is 19.3 Å². The van der Waals surface area contributed by atoms with Gasteiger partial charge in [0, 0.05) is 31.7 Å². The van der Waals surface area contributed by atoms with Crippen molar-refractivity contribution < 1.29 is 14.3 Å². The fraction of sp³-hybridized carbons (Fsp3) is 0.933. The van der Waals surface area contributed by atoms with Crippen molar-refractivity contribution in [2.45, 2.75) is 45.3 Å². The molecule has 0 saturated carbocycles. The molecule has 0 bridgehead atoms. The van der Waals surface area contributed by atoms with Crippen LogP contribution < -0.4 is 5.32 Å². The fourth-order valence-electron chi connectivity index (χ4n) is 3.10. The summed E-state index contributed by atoms with van der Waals surface area (Å²) in [7, 11) is 0. The lowest BCUT2D eigenvalue weighted by molar-refractivity contribution is -0.136. The highest BCUT2D eigenvalue weighted by atomic mass is 35.5. The summed E-state index contributed by atoms with van der Waals surface area (Å²) in [6.07, 6.45) is 3.08. The standard InChI is InChI=1S/C15H28N2O3.ClH/c1-3-19-8-9-20-14-5-7-17(11-14)15(18)13-4-6-16-12(2)10-13;/h12-14,16H,3-11H2,1-2H3;1H/t12-,13-,14-;/m0./s1. The number of hydrogen-bond acceptors (Lipinski definition) is 4. The van der Waals surface area contributed by atoms with Gasteiger partial charge >= 0.3 is 0 Å². The van der Waals surface area contributed by atoms with Gasteiger partial charge in [-0.2, -0.15) is 0 Å². The zero-order valence-electron chi connectivity index (χ0n) is 13.2. The monoisotopic (exact) mass is 320 g/mol. The molecule has 2 fully saturated rings. The summed E-state index contributed by atoms with van der Waals surface area (Å²) < 4.78 is 11.0. The minimum Gasteiger partial charge on any atom is -0.379 e. The molecule has 5 nitrogen and oxygen atoms in total. The van der Waals surface area contributed by atoms with Gasteiger partial charge in [-0.15, -0.1) is 12.4 Å². The van der Waals surface area contributed by atoms with E-state index < -0.39 is 0 Å². The molecule has 0 radical (unpaired) electrons. The van der Waals surface area contributed by atoms with Gasteiger partial charge < -0.3 is 19.7 Å². The first kappa shape index (κ1) is 18.7. The highest BCUT2D eigenvalue weighted by Gasteiger charge is 2.33. The van der Waals surface area contributed by atoms with Crippen molar-refractivity contribution in [3.63, 3.8) is 0 Å². The number of nitrogens with one attached hydrogen (secondary N) is 1. The lowest BCUT2D eigenvalue weighted by Gasteiger charge is -2.30. The molecule has 6 heteroatoms. The van der Waals surface area contributed by atoms with Crippen LogP contribution in [0.4, 0.5) is 0 Å². The maximum absolute atomic E-state index is 12.5. The van der Waals surface area contributed by atoms with Gasteiger partial charge in [0.25, 0.3) is 0 Å². The fourth-order valence-corrected chi connectivity index (χ4v) is 3.10. The van der Waals surface area contributed by atoms with Crippen molar-refractivity contribution in [1.82, 2.24) is 10.2 Å². The van der Waals surface area contributed by atoms with E-state index in [-0.39, 0.29) is 24.4 Å². The van der Waals surface area contributed by atoms with Gasteiger partial charge in [-0.3, -0.25) is 4.79 Å². The first-order chi connectivity index (χ1) is 9.70. The number of amides is 1. The van der Waals surface area contributed by atoms with Gasteiger partial charge in [0.15, 0.2) is 0 Å². The Morgan fingerprint density at radius 3 is 2.86 bits per heavy atom. The van der Waals surface area contributed by atoms with Gasteiger partial charge in [-0.05, 0) is 39.7 Å². The lowest BCUT2D eigenvalue weighted by Crippen LogP contribution is -2.43. The number of nitrogens with zero attached hydrogens (tertiary/aromatic N) is 1. The van der Waals surface area contributed by atoms with E-state index in [2.05, 4.69) is 12.2 Å². The Morgan fingerprint density at radius 1 is 1.33 bits per heavy atom. The smallest absolute Gasteiger partial charge is 0.225 e. The highest BCUT2D eigenvalue weighted by molar-refractivity contribution is 5.85. The molecule has 1 amide bonds. The molecule has 1 N–H and O–H groups in total. The second kappa shape index (κ2) is 9.62. The van der Waals surface area contributed by atoms with E-state index in [9.17, 15) is 4.79 Å². The van der Waals surface area contributed by atoms with Crippen molar-refractivity contribution >= 4 is 18.3 Å². The van der Waals surface area contributed by atoms with E-state index in [4.69, 9.17) is 9.47 Å². The van der Waals surface area contributed by atoms with Crippen molar-refractivity contribution in [3.05, 3.63) is 0 Å². The average molecular weight is 321 g/mol. The second-order valence-corrected chi connectivity index (χ2v) is 5.84. The molecule has 2 saturated heterocycles. The third-order valence-electron chi connectivity index (χ3n) is 4.21. The Labute approximate surface area is 134 Å². The number of carbonyl (C=O) groups is 1. The Bertz CT molecular complexity index is 317. The molecule has 21 heavy (non-hydrogen) atoms. The molecule has 0 spiro atoms. The molecular formula is C15H29ClN2O3. The third kappa shape index (κ3) is 5.74. The number of piperidine rings is 1. The number of carbonyl (C=O) groups excluding carboxylic acids is 1. The Morgan fingerprint density at radius 2 is 2.14 bits per heavy atom. The van der Waals surface area contributed by atoms with Crippen molar-refractivity contribution in [2.75, 3.05) is 39.5 Å². The molecular weight excluding hydrogens is 292 g/mol. The van der Waals surface area contributed by atoms with Crippen LogP contribution in [0.3, 0.4) is 0 Å². The zero-order valence-corrected chi connectivity index (χ0v) is 14.0. The summed E-state index contributed by atoms with van der Waals surface area (Å²) in [5, 5.41) is 3.40. The van der Waals surface area contributed by atoms with Crippen LogP contribution in [0.15, 0.2) is 0 Å². The van der Waals surface area contributed by atoms with E-state index in [1.807, 2.05) is 11.8 Å². The summed E-state index contributed by atoms with van der Waals surface area (Å²) in [6, 6.07) is 0.457. The molecule has 2 aliphatic rings. The Balaban J connectivity index is 0.00000220. The van der Waals surface area contributed by atoms with Crippen LogP contribution in [0.1, 0.15) is 33.1 Å². The lowest BCUT2D eigenvalue weighted by atomic mass is 9.92. The minimum atomic E-state index is 0. The Hall–Kier alpha value is -0.360. The number of hydrogen-bond donors (Lipinski definition) is 1. The molecule has 0 aromatic rings. The third-order valence-corrected chi connectivity index (χ3v) is 4.21. The predicted octanol–water partition coefficient (Wildman–Crippen LogP) is 1.45. The van der Waals surface area contributed by atoms with E-state index in [0.717, 1.165) is 45.5 Å². The van der Waals surface area contributed by atoms with E-state index >= 15 is 0 Å². The number of halogens is 1. The van der Waals surface area contributed by atoms with Crippen LogP contribution in [-0.4, -0.2) is 62.4 Å². The summed E-state index contributed by atoms with van der Waals surface area (Å²) in [4.78, 5) is 14.5. The summed E-state index contributed by atoms with van der Waals surface area (Å²) in [6.45, 7) is 8.70. The molecule has 0 aromatic heterocycles. The van der Waals surface area contributed by atoms with E-state index in [1.54, 1.807) is 0 Å². The molecule has 0 aromatic carbocycles. The van der Waals surface area contributed by atoms with E-state index in [1.165, 1.54) is 0 Å². The molecule has 3 atom stereocenters. The van der Waals surface area contributed by atoms with E-state index in [0.29, 0.717) is 25.2 Å². The normalized spacial score (nSPS) is 29.2. The van der Waals surface area contributed by atoms with Crippen LogP contribution in [0, 0.1) is 5.92 Å². The average Bonchev–Trinajstić information content (AvgIpc) is 2.91. The maximum Gasteiger partial charge on any atom is 0.225 e. The van der Waals surface area contributed by atoms with Crippen LogP contribution >= 0.6 is 12.4 Å². The van der Waals surface area contributed by atoms with Crippen LogP contribution in [0.5, 0.6) is 0 Å². The van der Waals surface area contributed by atoms with Gasteiger partial charge in [-0.25, -0.2) is 0 Å². The molecule has 2 heterocycles. The zero-order chi connectivity index (χ0) is 14.4. The molecule has 124 valence electrons. The van der Waals surface area contributed by atoms with Crippen LogP contribution in [0.2, 0.25) is 0 Å². The van der Waals surface area contributed by atoms with Gasteiger partial charge in [-0.1, -0.05) is 0 Å². The summed E-state index contributed by atoms with van der Waals surface area (Å²) in [5.74, 6) is 0.530. The SMILES string of the molecule is CCOCCO[C@H]1CCN(C(=O)[C@H]2CCN[C@@H](C)C2)C1.Cl. The quantitative estimate of drug-likeness (QED) is 0.753. The topological polar surface area (TPSA) is 50.8 Å². The molecule has 2 rings (SSSR count). The number of likely N-dealkylation sites (tertiary alicyclic amines) is 1. The van der Waals surface area contributed by atoms with Gasteiger partial charge in [0.2, 0.25) is 5.91 Å². The summed E-state index contributed by atoms with van der Waals surface area (Å²) in [5.41, 5.74) is 0. The Kier molecular flexibility index (Phi) is 8.56. The number of ether oxygens (including phenoxy) is 2. The van der Waals surface area contributed by atoms with Crippen LogP contribution in [0.25, 0.3) is 0 Å². The van der Waals surface area contributed by atoms with Gasteiger partial charge in [0.1, 0.15) is 0 Å². The second-order valence-electron chi connectivity index (χ2n) is 5.84.